The van der Waals surface area contributed by atoms with Crippen LogP contribution in [-0.2, 0) is 6.42 Å². The van der Waals surface area contributed by atoms with Crippen molar-refractivity contribution in [1.82, 2.24) is 10.6 Å². The van der Waals surface area contributed by atoms with Gasteiger partial charge in [0.2, 0.25) is 0 Å². The van der Waals surface area contributed by atoms with Gasteiger partial charge < -0.3 is 10.6 Å². The number of rotatable bonds is 2. The predicted octanol–water partition coefficient (Wildman–Crippen LogP) is 2.36. The summed E-state index contributed by atoms with van der Waals surface area (Å²) < 4.78 is 0. The summed E-state index contributed by atoms with van der Waals surface area (Å²) in [5, 5.41) is 6.67. The lowest BCUT2D eigenvalue weighted by Crippen LogP contribution is -2.32. The van der Waals surface area contributed by atoms with Crippen molar-refractivity contribution >= 4 is 17.2 Å². The first-order valence-corrected chi connectivity index (χ1v) is 8.15. The third-order valence-corrected chi connectivity index (χ3v) is 5.47. The van der Waals surface area contributed by atoms with E-state index in [2.05, 4.69) is 41.0 Å². The van der Waals surface area contributed by atoms with E-state index in [4.69, 9.17) is 0 Å². The lowest BCUT2D eigenvalue weighted by atomic mass is 9.92. The topological polar surface area (TPSA) is 41.1 Å². The van der Waals surface area contributed by atoms with Crippen LogP contribution in [0.5, 0.6) is 0 Å². The Labute approximate surface area is 122 Å². The minimum Gasteiger partial charge on any atom is -0.349 e. The molecule has 1 amide bonds. The molecule has 2 heterocycles. The van der Waals surface area contributed by atoms with Gasteiger partial charge in [0.25, 0.3) is 5.91 Å². The molecule has 0 bridgehead atoms. The quantitative estimate of drug-likeness (QED) is 0.876. The first-order chi connectivity index (χ1) is 9.81. The molecule has 2 aliphatic carbocycles. The Morgan fingerprint density at radius 1 is 1.30 bits per heavy atom. The molecule has 2 N–H and O–H groups in total. The molecular formula is C16H18N2OS. The van der Waals surface area contributed by atoms with Gasteiger partial charge in [-0.2, -0.15) is 0 Å². The molecule has 4 rings (SSSR count). The Morgan fingerprint density at radius 2 is 2.15 bits per heavy atom. The van der Waals surface area contributed by atoms with E-state index in [0.29, 0.717) is 18.0 Å². The summed E-state index contributed by atoms with van der Waals surface area (Å²) in [4.78, 5) is 14.5. The zero-order chi connectivity index (χ0) is 13.5. The van der Waals surface area contributed by atoms with Crippen LogP contribution in [0.4, 0.5) is 0 Å². The van der Waals surface area contributed by atoms with Crippen molar-refractivity contribution in [3.05, 3.63) is 45.7 Å². The smallest absolute Gasteiger partial charge is 0.261 e. The van der Waals surface area contributed by atoms with Crippen LogP contribution in [0.1, 0.15) is 38.9 Å². The molecule has 1 aliphatic heterocycles. The first kappa shape index (κ1) is 12.4. The van der Waals surface area contributed by atoms with E-state index in [0.717, 1.165) is 30.7 Å². The fourth-order valence-electron chi connectivity index (χ4n) is 2.94. The van der Waals surface area contributed by atoms with Crippen molar-refractivity contribution in [3.8, 4) is 0 Å². The van der Waals surface area contributed by atoms with Crippen molar-refractivity contribution in [2.45, 2.75) is 37.3 Å². The summed E-state index contributed by atoms with van der Waals surface area (Å²) in [6.45, 7) is 0.979. The number of carbonyl (C=O) groups excluding carboxylic acids is 1. The molecule has 3 nitrogen and oxygen atoms in total. The molecule has 0 aromatic carbocycles. The summed E-state index contributed by atoms with van der Waals surface area (Å²) in [7, 11) is 0. The average molecular weight is 286 g/mol. The Bertz CT molecular complexity index is 598. The molecule has 104 valence electrons. The van der Waals surface area contributed by atoms with E-state index in [-0.39, 0.29) is 5.91 Å². The minimum absolute atomic E-state index is 0.116. The van der Waals surface area contributed by atoms with Crippen LogP contribution in [0.15, 0.2) is 30.4 Å². The fourth-order valence-corrected chi connectivity index (χ4v) is 4.19. The van der Waals surface area contributed by atoms with E-state index in [1.807, 2.05) is 0 Å². The van der Waals surface area contributed by atoms with Gasteiger partial charge in [-0.3, -0.25) is 4.79 Å². The zero-order valence-electron chi connectivity index (χ0n) is 11.3. The second kappa shape index (κ2) is 4.86. The highest BCUT2D eigenvalue weighted by atomic mass is 32.1. The van der Waals surface area contributed by atoms with Crippen LogP contribution in [0.2, 0.25) is 0 Å². The van der Waals surface area contributed by atoms with Crippen molar-refractivity contribution in [2.24, 2.45) is 0 Å². The molecule has 0 saturated heterocycles. The average Bonchev–Trinajstić information content (AvgIpc) is 3.20. The van der Waals surface area contributed by atoms with Gasteiger partial charge in [-0.1, -0.05) is 24.3 Å². The van der Waals surface area contributed by atoms with Crippen LogP contribution in [-0.4, -0.2) is 24.5 Å². The van der Waals surface area contributed by atoms with Gasteiger partial charge >= 0.3 is 0 Å². The van der Waals surface area contributed by atoms with Crippen LogP contribution in [0.25, 0.3) is 0 Å². The largest absolute Gasteiger partial charge is 0.349 e. The SMILES string of the molecule is O=C(NC1CC1)c1cc2c(s1)C1C=CC=CC1NCC2. The molecule has 2 unspecified atom stereocenters. The van der Waals surface area contributed by atoms with Gasteiger partial charge in [0.1, 0.15) is 0 Å². The fraction of sp³-hybridized carbons (Fsp3) is 0.438. The monoisotopic (exact) mass is 286 g/mol. The lowest BCUT2D eigenvalue weighted by Gasteiger charge is -2.22. The molecule has 0 radical (unpaired) electrons. The van der Waals surface area contributed by atoms with Crippen LogP contribution >= 0.6 is 11.3 Å². The number of hydrogen-bond donors (Lipinski definition) is 2. The number of nitrogens with one attached hydrogen (secondary N) is 2. The molecule has 4 heteroatoms. The summed E-state index contributed by atoms with van der Waals surface area (Å²) in [6, 6.07) is 2.91. The van der Waals surface area contributed by atoms with E-state index >= 15 is 0 Å². The van der Waals surface area contributed by atoms with Gasteiger partial charge in [0.15, 0.2) is 0 Å². The zero-order valence-corrected chi connectivity index (χ0v) is 12.1. The number of thiophene rings is 1. The molecule has 1 aromatic heterocycles. The molecule has 2 atom stereocenters. The minimum atomic E-state index is 0.116. The predicted molar refractivity (Wildman–Crippen MR) is 81.3 cm³/mol. The third-order valence-electron chi connectivity index (χ3n) is 4.19. The van der Waals surface area contributed by atoms with Gasteiger partial charge in [-0.05, 0) is 37.4 Å². The Hall–Kier alpha value is -1.39. The maximum atomic E-state index is 12.2. The summed E-state index contributed by atoms with van der Waals surface area (Å²) in [6.07, 6.45) is 12.0. The van der Waals surface area contributed by atoms with Gasteiger partial charge in [0.05, 0.1) is 4.88 Å². The van der Waals surface area contributed by atoms with Crippen LogP contribution < -0.4 is 10.6 Å². The summed E-state index contributed by atoms with van der Waals surface area (Å²) in [5.74, 6) is 0.496. The second-order valence-corrected chi connectivity index (χ2v) is 6.86. The van der Waals surface area contributed by atoms with Crippen LogP contribution in [0, 0.1) is 0 Å². The molecule has 20 heavy (non-hydrogen) atoms. The van der Waals surface area contributed by atoms with Gasteiger partial charge in [-0.25, -0.2) is 0 Å². The molecule has 1 aromatic rings. The molecule has 1 fully saturated rings. The van der Waals surface area contributed by atoms with Crippen molar-refractivity contribution in [3.63, 3.8) is 0 Å². The van der Waals surface area contributed by atoms with E-state index in [1.54, 1.807) is 11.3 Å². The van der Waals surface area contributed by atoms with E-state index < -0.39 is 0 Å². The normalized spacial score (nSPS) is 27.6. The highest BCUT2D eigenvalue weighted by molar-refractivity contribution is 7.14. The molecule has 3 aliphatic rings. The Kier molecular flexibility index (Phi) is 3.00. The second-order valence-electron chi connectivity index (χ2n) is 5.77. The maximum Gasteiger partial charge on any atom is 0.261 e. The van der Waals surface area contributed by atoms with E-state index in [9.17, 15) is 4.79 Å². The first-order valence-electron chi connectivity index (χ1n) is 7.33. The van der Waals surface area contributed by atoms with Gasteiger partial charge in [0, 0.05) is 22.9 Å². The number of hydrogen-bond acceptors (Lipinski definition) is 3. The van der Waals surface area contributed by atoms with Crippen molar-refractivity contribution in [1.29, 1.82) is 0 Å². The van der Waals surface area contributed by atoms with Crippen molar-refractivity contribution in [2.75, 3.05) is 6.54 Å². The Morgan fingerprint density at radius 3 is 3.00 bits per heavy atom. The number of carbonyl (C=O) groups is 1. The maximum absolute atomic E-state index is 12.2. The summed E-state index contributed by atoms with van der Waals surface area (Å²) in [5.41, 5.74) is 1.34. The standard InChI is InChI=1S/C16H18N2OS/c19-16(18-11-5-6-11)14-9-10-7-8-17-13-4-2-1-3-12(13)15(10)20-14/h1-4,9,11-13,17H,5-8H2,(H,18,19). The summed E-state index contributed by atoms with van der Waals surface area (Å²) >= 11 is 1.68. The Balaban J connectivity index is 1.65. The third kappa shape index (κ3) is 2.23. The number of allylic oxidation sites excluding steroid dienone is 2. The van der Waals surface area contributed by atoms with Crippen molar-refractivity contribution < 1.29 is 4.79 Å². The van der Waals surface area contributed by atoms with E-state index in [1.165, 1.54) is 10.4 Å². The highest BCUT2D eigenvalue weighted by Crippen LogP contribution is 2.36. The number of amides is 1. The lowest BCUT2D eigenvalue weighted by molar-refractivity contribution is 0.0955. The van der Waals surface area contributed by atoms with Gasteiger partial charge in [-0.15, -0.1) is 11.3 Å². The number of fused-ring (bicyclic) bond motifs is 3. The molecular weight excluding hydrogens is 268 g/mol. The molecule has 1 saturated carbocycles. The molecule has 0 spiro atoms. The van der Waals surface area contributed by atoms with Crippen LogP contribution in [0.3, 0.4) is 0 Å². The highest BCUT2D eigenvalue weighted by Gasteiger charge is 2.30.